The van der Waals surface area contributed by atoms with E-state index in [1.165, 1.54) is 12.1 Å². The number of hydrogen-bond acceptors (Lipinski definition) is 3. The van der Waals surface area contributed by atoms with Gasteiger partial charge < -0.3 is 19.5 Å². The molecule has 6 nitrogen and oxygen atoms in total. The summed E-state index contributed by atoms with van der Waals surface area (Å²) in [6, 6.07) is 6.59. The Labute approximate surface area is 189 Å². The summed E-state index contributed by atoms with van der Waals surface area (Å²) in [6.45, 7) is 9.48. The Hall–Kier alpha value is -1.84. The molecule has 1 aliphatic rings. The summed E-state index contributed by atoms with van der Waals surface area (Å²) in [5.74, 6) is 1.71. The molecule has 3 rings (SSSR count). The molecule has 1 aliphatic heterocycles. The molecule has 3 atom stereocenters. The van der Waals surface area contributed by atoms with Gasteiger partial charge in [0.2, 0.25) is 0 Å². The first-order valence-corrected chi connectivity index (χ1v) is 9.99. The van der Waals surface area contributed by atoms with Gasteiger partial charge in [0.25, 0.3) is 0 Å². The molecule has 2 heterocycles. The van der Waals surface area contributed by atoms with Crippen LogP contribution in [-0.2, 0) is 0 Å². The number of imidazole rings is 1. The van der Waals surface area contributed by atoms with Gasteiger partial charge in [-0.05, 0) is 38.3 Å². The van der Waals surface area contributed by atoms with Crippen LogP contribution in [0.25, 0.3) is 0 Å². The van der Waals surface area contributed by atoms with Gasteiger partial charge in [0.1, 0.15) is 17.7 Å². The van der Waals surface area contributed by atoms with E-state index in [0.29, 0.717) is 24.3 Å². The van der Waals surface area contributed by atoms with E-state index >= 15 is 0 Å². The Morgan fingerprint density at radius 2 is 2.28 bits per heavy atom. The molecule has 3 unspecified atom stereocenters. The number of halogens is 2. The number of piperidine rings is 1. The lowest BCUT2D eigenvalue weighted by Crippen LogP contribution is -2.49. The van der Waals surface area contributed by atoms with Crippen molar-refractivity contribution in [2.45, 2.75) is 39.3 Å². The average molecular weight is 515 g/mol. The minimum atomic E-state index is -0.297. The molecule has 0 radical (unpaired) electrons. The van der Waals surface area contributed by atoms with Crippen LogP contribution in [-0.4, -0.2) is 52.7 Å². The van der Waals surface area contributed by atoms with Gasteiger partial charge in [-0.2, -0.15) is 0 Å². The highest BCUT2D eigenvalue weighted by molar-refractivity contribution is 14.0. The lowest BCUT2D eigenvalue weighted by molar-refractivity contribution is 0.187. The zero-order valence-corrected chi connectivity index (χ0v) is 19.6. The van der Waals surface area contributed by atoms with Crippen LogP contribution in [0.3, 0.4) is 0 Å². The Kier molecular flexibility index (Phi) is 9.19. The van der Waals surface area contributed by atoms with Crippen molar-refractivity contribution in [1.29, 1.82) is 0 Å². The molecular formula is C21H31FIN5O. The van der Waals surface area contributed by atoms with Crippen LogP contribution < -0.4 is 10.1 Å². The molecule has 160 valence electrons. The van der Waals surface area contributed by atoms with Crippen LogP contribution in [0.15, 0.2) is 48.0 Å². The van der Waals surface area contributed by atoms with Gasteiger partial charge >= 0.3 is 0 Å². The van der Waals surface area contributed by atoms with Crippen LogP contribution in [0.4, 0.5) is 4.39 Å². The first kappa shape index (κ1) is 23.4. The van der Waals surface area contributed by atoms with Gasteiger partial charge in [-0.25, -0.2) is 14.4 Å². The number of aromatic nitrogens is 2. The Balaban J connectivity index is 0.00000300. The van der Waals surface area contributed by atoms with Crippen molar-refractivity contribution in [3.8, 4) is 5.75 Å². The fourth-order valence-electron chi connectivity index (χ4n) is 3.55. The summed E-state index contributed by atoms with van der Waals surface area (Å²) in [6.07, 6.45) is 6.70. The first-order valence-electron chi connectivity index (χ1n) is 9.99. The highest BCUT2D eigenvalue weighted by Crippen LogP contribution is 2.27. The molecule has 1 N–H and O–H groups in total. The van der Waals surface area contributed by atoms with E-state index in [-0.39, 0.29) is 35.9 Å². The van der Waals surface area contributed by atoms with Gasteiger partial charge in [-0.3, -0.25) is 0 Å². The van der Waals surface area contributed by atoms with Crippen molar-refractivity contribution >= 4 is 29.9 Å². The molecule has 0 bridgehead atoms. The Morgan fingerprint density at radius 3 is 2.97 bits per heavy atom. The molecule has 0 aliphatic carbocycles. The van der Waals surface area contributed by atoms with Crippen LogP contribution in [0.1, 0.15) is 33.2 Å². The quantitative estimate of drug-likeness (QED) is 0.360. The number of nitrogens with one attached hydrogen (secondary N) is 1. The van der Waals surface area contributed by atoms with Gasteiger partial charge in [-0.15, -0.1) is 24.0 Å². The number of benzene rings is 1. The summed E-state index contributed by atoms with van der Waals surface area (Å²) in [4.78, 5) is 11.3. The van der Waals surface area contributed by atoms with Crippen LogP contribution in [0.5, 0.6) is 5.75 Å². The topological polar surface area (TPSA) is 54.7 Å². The third-order valence-corrected chi connectivity index (χ3v) is 5.09. The second kappa shape index (κ2) is 11.4. The van der Waals surface area contributed by atoms with Crippen LogP contribution in [0.2, 0.25) is 0 Å². The van der Waals surface area contributed by atoms with E-state index < -0.39 is 0 Å². The number of nitrogens with zero attached hydrogens (tertiary/aromatic N) is 4. The fourth-order valence-corrected chi connectivity index (χ4v) is 3.55. The molecule has 0 saturated carbocycles. The number of guanidine groups is 1. The van der Waals surface area contributed by atoms with Crippen molar-refractivity contribution < 1.29 is 9.13 Å². The van der Waals surface area contributed by atoms with E-state index in [1.54, 1.807) is 12.1 Å². The molecule has 0 amide bonds. The molecule has 1 aromatic heterocycles. The van der Waals surface area contributed by atoms with E-state index in [2.05, 4.69) is 33.6 Å². The third kappa shape index (κ3) is 6.58. The normalized spacial score (nSPS) is 20.7. The Morgan fingerprint density at radius 1 is 1.45 bits per heavy atom. The first-order chi connectivity index (χ1) is 13.6. The summed E-state index contributed by atoms with van der Waals surface area (Å²) in [5.41, 5.74) is 0. The van der Waals surface area contributed by atoms with Crippen molar-refractivity contribution in [1.82, 2.24) is 19.8 Å². The SMILES string of the molecule is CCNC(=NCC(C)Oc1cccc(F)c1)N1CCC(C)C(n2ccnc2)C1.I. The highest BCUT2D eigenvalue weighted by atomic mass is 127. The predicted molar refractivity (Wildman–Crippen MR) is 125 cm³/mol. The third-order valence-electron chi connectivity index (χ3n) is 5.09. The zero-order valence-electron chi connectivity index (χ0n) is 17.3. The molecule has 2 aromatic rings. The van der Waals surface area contributed by atoms with E-state index in [4.69, 9.17) is 9.73 Å². The second-order valence-electron chi connectivity index (χ2n) is 7.37. The van der Waals surface area contributed by atoms with E-state index in [9.17, 15) is 4.39 Å². The summed E-state index contributed by atoms with van der Waals surface area (Å²) in [7, 11) is 0. The minimum absolute atomic E-state index is 0. The maximum absolute atomic E-state index is 13.3. The predicted octanol–water partition coefficient (Wildman–Crippen LogP) is 3.96. The second-order valence-corrected chi connectivity index (χ2v) is 7.37. The number of likely N-dealkylation sites (tertiary alicyclic amines) is 1. The highest BCUT2D eigenvalue weighted by Gasteiger charge is 2.28. The van der Waals surface area contributed by atoms with Crippen LogP contribution in [0, 0.1) is 11.7 Å². The molecule has 29 heavy (non-hydrogen) atoms. The molecule has 8 heteroatoms. The summed E-state index contributed by atoms with van der Waals surface area (Å²) in [5, 5.41) is 3.40. The average Bonchev–Trinajstić information content (AvgIpc) is 3.20. The number of hydrogen-bond donors (Lipinski definition) is 1. The van der Waals surface area contributed by atoms with Gasteiger partial charge in [-0.1, -0.05) is 13.0 Å². The lowest BCUT2D eigenvalue weighted by atomic mass is 9.93. The zero-order chi connectivity index (χ0) is 19.9. The number of rotatable bonds is 6. The fraction of sp³-hybridized carbons (Fsp3) is 0.524. The van der Waals surface area contributed by atoms with Gasteiger partial charge in [0.15, 0.2) is 5.96 Å². The number of ether oxygens (including phenoxy) is 1. The van der Waals surface area contributed by atoms with Crippen molar-refractivity contribution in [3.05, 3.63) is 48.8 Å². The summed E-state index contributed by atoms with van der Waals surface area (Å²) < 4.78 is 21.3. The minimum Gasteiger partial charge on any atom is -0.489 e. The van der Waals surface area contributed by atoms with Crippen molar-refractivity contribution in [3.63, 3.8) is 0 Å². The summed E-state index contributed by atoms with van der Waals surface area (Å²) >= 11 is 0. The molecule has 1 aromatic carbocycles. The van der Waals surface area contributed by atoms with Crippen molar-refractivity contribution in [2.75, 3.05) is 26.2 Å². The molecular weight excluding hydrogens is 484 g/mol. The smallest absolute Gasteiger partial charge is 0.194 e. The molecule has 0 spiro atoms. The van der Waals surface area contributed by atoms with E-state index in [0.717, 1.165) is 32.0 Å². The van der Waals surface area contributed by atoms with E-state index in [1.807, 2.05) is 25.6 Å². The maximum atomic E-state index is 13.3. The Bertz CT molecular complexity index is 770. The maximum Gasteiger partial charge on any atom is 0.194 e. The van der Waals surface area contributed by atoms with Gasteiger partial charge in [0, 0.05) is 38.1 Å². The standard InChI is InChI=1S/C21H30FN5O.HI/c1-4-24-21(25-13-17(3)28-19-7-5-6-18(22)12-19)26-10-8-16(2)20(14-26)27-11-9-23-15-27;/h5-7,9,11-12,15-17,20H,4,8,10,13-14H2,1-3H3,(H,24,25);1H. The number of aliphatic imine (C=N–C) groups is 1. The molecule has 1 fully saturated rings. The largest absolute Gasteiger partial charge is 0.489 e. The van der Waals surface area contributed by atoms with Crippen molar-refractivity contribution in [2.24, 2.45) is 10.9 Å². The lowest BCUT2D eigenvalue weighted by Gasteiger charge is -2.39. The van der Waals surface area contributed by atoms with Crippen LogP contribution >= 0.6 is 24.0 Å². The molecule has 1 saturated heterocycles. The van der Waals surface area contributed by atoms with Gasteiger partial charge in [0.05, 0.1) is 18.9 Å². The monoisotopic (exact) mass is 515 g/mol.